The second-order valence-corrected chi connectivity index (χ2v) is 4.39. The molecule has 1 aromatic rings. The van der Waals surface area contributed by atoms with Crippen LogP contribution in [0.5, 0.6) is 5.75 Å². The third-order valence-electron chi connectivity index (χ3n) is 2.45. The maximum absolute atomic E-state index is 5.12. The average Bonchev–Trinajstić information content (AvgIpc) is 2.26. The molecule has 0 aliphatic carbocycles. The number of likely N-dealkylation sites (N-methyl/N-ethyl adjacent to an activating group) is 1. The standard InChI is InChI=1S/C13H22N2O/c1-11(10-15(2)3)14-9-12-5-7-13(16-4)8-6-12/h5-8,11,14H,9-10H2,1-4H3. The zero-order chi connectivity index (χ0) is 12.0. The van der Waals surface area contributed by atoms with Crippen LogP contribution >= 0.6 is 0 Å². The molecule has 0 aliphatic rings. The van der Waals surface area contributed by atoms with E-state index in [1.807, 2.05) is 12.1 Å². The highest BCUT2D eigenvalue weighted by atomic mass is 16.5. The number of nitrogens with one attached hydrogen (secondary N) is 1. The second-order valence-electron chi connectivity index (χ2n) is 4.39. The highest BCUT2D eigenvalue weighted by Gasteiger charge is 2.02. The van der Waals surface area contributed by atoms with E-state index >= 15 is 0 Å². The molecule has 3 heteroatoms. The van der Waals surface area contributed by atoms with E-state index in [0.717, 1.165) is 18.8 Å². The van der Waals surface area contributed by atoms with Gasteiger partial charge in [-0.3, -0.25) is 0 Å². The summed E-state index contributed by atoms with van der Waals surface area (Å²) in [4.78, 5) is 2.19. The van der Waals surface area contributed by atoms with Gasteiger partial charge in [-0.2, -0.15) is 0 Å². The Morgan fingerprint density at radius 2 is 1.88 bits per heavy atom. The smallest absolute Gasteiger partial charge is 0.118 e. The lowest BCUT2D eigenvalue weighted by Crippen LogP contribution is -2.35. The molecule has 0 amide bonds. The topological polar surface area (TPSA) is 24.5 Å². The van der Waals surface area contributed by atoms with Crippen molar-refractivity contribution < 1.29 is 4.74 Å². The van der Waals surface area contributed by atoms with Crippen LogP contribution in [0.1, 0.15) is 12.5 Å². The predicted octanol–water partition coefficient (Wildman–Crippen LogP) is 1.73. The van der Waals surface area contributed by atoms with Crippen LogP contribution in [0, 0.1) is 0 Å². The van der Waals surface area contributed by atoms with Crippen LogP contribution in [-0.2, 0) is 6.54 Å². The Hall–Kier alpha value is -1.06. The van der Waals surface area contributed by atoms with E-state index < -0.39 is 0 Å². The molecule has 0 heterocycles. The van der Waals surface area contributed by atoms with Crippen LogP contribution in [0.15, 0.2) is 24.3 Å². The van der Waals surface area contributed by atoms with E-state index in [2.05, 4.69) is 43.4 Å². The van der Waals surface area contributed by atoms with Crippen molar-refractivity contribution in [3.8, 4) is 5.75 Å². The monoisotopic (exact) mass is 222 g/mol. The minimum Gasteiger partial charge on any atom is -0.497 e. The zero-order valence-electron chi connectivity index (χ0n) is 10.7. The largest absolute Gasteiger partial charge is 0.497 e. The summed E-state index contributed by atoms with van der Waals surface area (Å²) in [6.45, 7) is 4.15. The number of hydrogen-bond donors (Lipinski definition) is 1. The van der Waals surface area contributed by atoms with E-state index in [1.165, 1.54) is 5.56 Å². The molecule has 0 spiro atoms. The van der Waals surface area contributed by atoms with Gasteiger partial charge >= 0.3 is 0 Å². The normalized spacial score (nSPS) is 12.8. The fourth-order valence-corrected chi connectivity index (χ4v) is 1.65. The third-order valence-corrected chi connectivity index (χ3v) is 2.45. The Labute approximate surface area is 98.4 Å². The van der Waals surface area contributed by atoms with Crippen molar-refractivity contribution in [2.45, 2.75) is 19.5 Å². The predicted molar refractivity (Wildman–Crippen MR) is 67.8 cm³/mol. The molecular formula is C13H22N2O. The van der Waals surface area contributed by atoms with Gasteiger partial charge in [-0.15, -0.1) is 0 Å². The van der Waals surface area contributed by atoms with Crippen LogP contribution in [-0.4, -0.2) is 38.7 Å². The Morgan fingerprint density at radius 3 is 2.38 bits per heavy atom. The van der Waals surface area contributed by atoms with Crippen LogP contribution in [0.25, 0.3) is 0 Å². The summed E-state index contributed by atoms with van der Waals surface area (Å²) >= 11 is 0. The lowest BCUT2D eigenvalue weighted by atomic mass is 10.2. The lowest BCUT2D eigenvalue weighted by molar-refractivity contribution is 0.349. The van der Waals surface area contributed by atoms with Gasteiger partial charge in [-0.1, -0.05) is 12.1 Å². The van der Waals surface area contributed by atoms with Gasteiger partial charge in [0.05, 0.1) is 7.11 Å². The molecule has 0 aliphatic heterocycles. The number of benzene rings is 1. The van der Waals surface area contributed by atoms with Gasteiger partial charge < -0.3 is 15.0 Å². The highest BCUT2D eigenvalue weighted by Crippen LogP contribution is 2.11. The summed E-state index contributed by atoms with van der Waals surface area (Å²) in [5.74, 6) is 0.907. The first kappa shape index (κ1) is 13.0. The summed E-state index contributed by atoms with van der Waals surface area (Å²) in [6, 6.07) is 8.67. The average molecular weight is 222 g/mol. The number of ether oxygens (including phenoxy) is 1. The van der Waals surface area contributed by atoms with Crippen LogP contribution in [0.4, 0.5) is 0 Å². The number of nitrogens with zero attached hydrogens (tertiary/aromatic N) is 1. The van der Waals surface area contributed by atoms with Crippen molar-refractivity contribution >= 4 is 0 Å². The summed E-state index contributed by atoms with van der Waals surface area (Å²) in [5, 5.41) is 3.49. The number of methoxy groups -OCH3 is 1. The maximum Gasteiger partial charge on any atom is 0.118 e. The molecule has 16 heavy (non-hydrogen) atoms. The van der Waals surface area contributed by atoms with Crippen molar-refractivity contribution in [1.82, 2.24) is 10.2 Å². The molecule has 3 nitrogen and oxygen atoms in total. The molecule has 0 fully saturated rings. The van der Waals surface area contributed by atoms with Gasteiger partial charge in [0.2, 0.25) is 0 Å². The molecule has 1 unspecified atom stereocenters. The minimum absolute atomic E-state index is 0.497. The molecule has 0 aromatic heterocycles. The van der Waals surface area contributed by atoms with Gasteiger partial charge in [0.25, 0.3) is 0 Å². The fraction of sp³-hybridized carbons (Fsp3) is 0.538. The van der Waals surface area contributed by atoms with Gasteiger partial charge in [0, 0.05) is 19.1 Å². The summed E-state index contributed by atoms with van der Waals surface area (Å²) in [6.07, 6.45) is 0. The van der Waals surface area contributed by atoms with Gasteiger partial charge in [-0.05, 0) is 38.7 Å². The molecule has 90 valence electrons. The molecule has 1 rings (SSSR count). The lowest BCUT2D eigenvalue weighted by Gasteiger charge is -2.18. The van der Waals surface area contributed by atoms with E-state index in [9.17, 15) is 0 Å². The van der Waals surface area contributed by atoms with Crippen molar-refractivity contribution in [2.75, 3.05) is 27.7 Å². The van der Waals surface area contributed by atoms with Crippen molar-refractivity contribution in [2.24, 2.45) is 0 Å². The second kappa shape index (κ2) is 6.51. The van der Waals surface area contributed by atoms with Gasteiger partial charge in [-0.25, -0.2) is 0 Å². The van der Waals surface area contributed by atoms with Crippen molar-refractivity contribution in [3.63, 3.8) is 0 Å². The molecule has 0 saturated carbocycles. The van der Waals surface area contributed by atoms with E-state index in [-0.39, 0.29) is 0 Å². The van der Waals surface area contributed by atoms with Crippen molar-refractivity contribution in [3.05, 3.63) is 29.8 Å². The summed E-state index contributed by atoms with van der Waals surface area (Å²) in [5.41, 5.74) is 1.28. The Balaban J connectivity index is 2.36. The molecular weight excluding hydrogens is 200 g/mol. The zero-order valence-corrected chi connectivity index (χ0v) is 10.7. The summed E-state index contributed by atoms with van der Waals surface area (Å²) < 4.78 is 5.12. The first-order chi connectivity index (χ1) is 7.61. The Bertz CT molecular complexity index is 295. The van der Waals surface area contributed by atoms with E-state index in [4.69, 9.17) is 4.74 Å². The first-order valence-corrected chi connectivity index (χ1v) is 5.63. The Kier molecular flexibility index (Phi) is 5.29. The van der Waals surface area contributed by atoms with E-state index in [0.29, 0.717) is 6.04 Å². The third kappa shape index (κ3) is 4.64. The number of hydrogen-bond acceptors (Lipinski definition) is 3. The minimum atomic E-state index is 0.497. The molecule has 0 radical (unpaired) electrons. The van der Waals surface area contributed by atoms with Crippen molar-refractivity contribution in [1.29, 1.82) is 0 Å². The first-order valence-electron chi connectivity index (χ1n) is 5.63. The highest BCUT2D eigenvalue weighted by molar-refractivity contribution is 5.27. The van der Waals surface area contributed by atoms with E-state index in [1.54, 1.807) is 7.11 Å². The fourth-order valence-electron chi connectivity index (χ4n) is 1.65. The molecule has 0 bridgehead atoms. The molecule has 1 N–H and O–H groups in total. The van der Waals surface area contributed by atoms with Crippen LogP contribution < -0.4 is 10.1 Å². The van der Waals surface area contributed by atoms with Crippen LogP contribution in [0.3, 0.4) is 0 Å². The van der Waals surface area contributed by atoms with Gasteiger partial charge in [0.15, 0.2) is 0 Å². The summed E-state index contributed by atoms with van der Waals surface area (Å²) in [7, 11) is 5.86. The van der Waals surface area contributed by atoms with Crippen LogP contribution in [0.2, 0.25) is 0 Å². The Morgan fingerprint density at radius 1 is 1.25 bits per heavy atom. The SMILES string of the molecule is COc1ccc(CNC(C)CN(C)C)cc1. The molecule has 1 aromatic carbocycles. The quantitative estimate of drug-likeness (QED) is 0.793. The maximum atomic E-state index is 5.12. The molecule has 0 saturated heterocycles. The van der Waals surface area contributed by atoms with Gasteiger partial charge in [0.1, 0.15) is 5.75 Å². The molecule has 1 atom stereocenters. The number of rotatable bonds is 6.